The molecule has 106 valence electrons. The first-order valence-electron chi connectivity index (χ1n) is 7.03. The Morgan fingerprint density at radius 2 is 1.89 bits per heavy atom. The second kappa shape index (κ2) is 8.48. The molecule has 4 heteroatoms. The number of nitrogens with zero attached hydrogens (tertiary/aromatic N) is 1. The van der Waals surface area contributed by atoms with E-state index >= 15 is 0 Å². The minimum absolute atomic E-state index is 0.250. The molecule has 0 aromatic carbocycles. The quantitative estimate of drug-likeness (QED) is 0.562. The molecule has 1 rings (SSSR count). The lowest BCUT2D eigenvalue weighted by atomic mass is 9.87. The van der Waals surface area contributed by atoms with Gasteiger partial charge in [-0.2, -0.15) is 0 Å². The molecule has 18 heavy (non-hydrogen) atoms. The molecule has 1 saturated carbocycles. The number of rotatable bonds is 7. The maximum atomic E-state index is 8.44. The normalized spacial score (nSPS) is 18.6. The second-order valence-corrected chi connectivity index (χ2v) is 5.21. The number of ether oxygens (including phenoxy) is 2. The van der Waals surface area contributed by atoms with Gasteiger partial charge in [0, 0.05) is 26.7 Å². The molecule has 1 N–H and O–H groups in total. The Hall–Kier alpha value is -0.610. The standard InChI is InChI=1S/C14H28N2O2/c1-12(11-18-3)16(9-10-17-2)14(15)13-7-5-4-6-8-13/h12-13,15H,4-11H2,1-3H3. The summed E-state index contributed by atoms with van der Waals surface area (Å²) in [4.78, 5) is 2.16. The van der Waals surface area contributed by atoms with Gasteiger partial charge in [-0.3, -0.25) is 5.41 Å². The molecule has 0 saturated heterocycles. The average molecular weight is 256 g/mol. The zero-order valence-electron chi connectivity index (χ0n) is 12.1. The van der Waals surface area contributed by atoms with Gasteiger partial charge in [0.2, 0.25) is 0 Å². The van der Waals surface area contributed by atoms with Gasteiger partial charge in [0.1, 0.15) is 0 Å². The fourth-order valence-electron chi connectivity index (χ4n) is 2.71. The SMILES string of the molecule is COCCN(C(=N)C1CCCCC1)C(C)COC. The summed E-state index contributed by atoms with van der Waals surface area (Å²) in [5.41, 5.74) is 0. The fourth-order valence-corrected chi connectivity index (χ4v) is 2.71. The zero-order chi connectivity index (χ0) is 13.4. The van der Waals surface area contributed by atoms with Crippen LogP contribution in [0.3, 0.4) is 0 Å². The maximum absolute atomic E-state index is 8.44. The molecule has 0 radical (unpaired) electrons. The fraction of sp³-hybridized carbons (Fsp3) is 0.929. The largest absolute Gasteiger partial charge is 0.383 e. The lowest BCUT2D eigenvalue weighted by molar-refractivity contribution is 0.109. The highest BCUT2D eigenvalue weighted by Crippen LogP contribution is 2.26. The number of hydrogen-bond donors (Lipinski definition) is 1. The Kier molecular flexibility index (Phi) is 7.28. The van der Waals surface area contributed by atoms with Crippen LogP contribution >= 0.6 is 0 Å². The van der Waals surface area contributed by atoms with Gasteiger partial charge >= 0.3 is 0 Å². The number of hydrogen-bond acceptors (Lipinski definition) is 3. The van der Waals surface area contributed by atoms with Crippen molar-refractivity contribution in [1.82, 2.24) is 4.90 Å². The van der Waals surface area contributed by atoms with Crippen molar-refractivity contribution in [3.63, 3.8) is 0 Å². The van der Waals surface area contributed by atoms with Gasteiger partial charge in [0.05, 0.1) is 25.1 Å². The monoisotopic (exact) mass is 256 g/mol. The molecule has 1 unspecified atom stereocenters. The van der Waals surface area contributed by atoms with Crippen molar-refractivity contribution in [3.8, 4) is 0 Å². The topological polar surface area (TPSA) is 45.5 Å². The molecular formula is C14H28N2O2. The Bertz CT molecular complexity index is 240. The van der Waals surface area contributed by atoms with Crippen LogP contribution in [-0.2, 0) is 9.47 Å². The van der Waals surface area contributed by atoms with E-state index in [1.54, 1.807) is 14.2 Å². The molecule has 1 fully saturated rings. The van der Waals surface area contributed by atoms with Crippen LogP contribution in [0.4, 0.5) is 0 Å². The number of nitrogens with one attached hydrogen (secondary N) is 1. The van der Waals surface area contributed by atoms with E-state index in [2.05, 4.69) is 11.8 Å². The Morgan fingerprint density at radius 3 is 2.44 bits per heavy atom. The Labute approximate surface area is 111 Å². The molecule has 0 aliphatic heterocycles. The minimum Gasteiger partial charge on any atom is -0.383 e. The molecule has 1 atom stereocenters. The average Bonchev–Trinajstić information content (AvgIpc) is 2.40. The van der Waals surface area contributed by atoms with Gasteiger partial charge in [-0.05, 0) is 19.8 Å². The molecule has 1 aliphatic rings. The van der Waals surface area contributed by atoms with Gasteiger partial charge < -0.3 is 14.4 Å². The number of amidine groups is 1. The van der Waals surface area contributed by atoms with E-state index in [0.717, 1.165) is 12.4 Å². The van der Waals surface area contributed by atoms with Crippen LogP contribution in [-0.4, -0.2) is 50.8 Å². The van der Waals surface area contributed by atoms with Crippen LogP contribution in [0.15, 0.2) is 0 Å². The predicted octanol–water partition coefficient (Wildman–Crippen LogP) is 2.53. The zero-order valence-corrected chi connectivity index (χ0v) is 12.1. The van der Waals surface area contributed by atoms with Crippen LogP contribution in [0.1, 0.15) is 39.0 Å². The third-order valence-electron chi connectivity index (χ3n) is 3.78. The van der Waals surface area contributed by atoms with E-state index < -0.39 is 0 Å². The van der Waals surface area contributed by atoms with E-state index in [-0.39, 0.29) is 6.04 Å². The van der Waals surface area contributed by atoms with Gasteiger partial charge in [-0.1, -0.05) is 19.3 Å². The first-order chi connectivity index (χ1) is 8.70. The Morgan fingerprint density at radius 1 is 1.22 bits per heavy atom. The highest BCUT2D eigenvalue weighted by Gasteiger charge is 2.25. The smallest absolute Gasteiger partial charge is 0.0993 e. The van der Waals surface area contributed by atoms with E-state index in [1.807, 2.05) is 0 Å². The van der Waals surface area contributed by atoms with Crippen molar-refractivity contribution < 1.29 is 9.47 Å². The van der Waals surface area contributed by atoms with Crippen molar-refractivity contribution in [2.45, 2.75) is 45.1 Å². The first kappa shape index (κ1) is 15.4. The Balaban J connectivity index is 2.58. The summed E-state index contributed by atoms with van der Waals surface area (Å²) in [5.74, 6) is 1.23. The molecule has 0 heterocycles. The molecule has 1 aliphatic carbocycles. The maximum Gasteiger partial charge on any atom is 0.0993 e. The van der Waals surface area contributed by atoms with Crippen LogP contribution in [0.5, 0.6) is 0 Å². The van der Waals surface area contributed by atoms with E-state index in [4.69, 9.17) is 14.9 Å². The van der Waals surface area contributed by atoms with E-state index in [0.29, 0.717) is 19.1 Å². The lowest BCUT2D eigenvalue weighted by Crippen LogP contribution is -2.45. The highest BCUT2D eigenvalue weighted by atomic mass is 16.5. The van der Waals surface area contributed by atoms with Crippen molar-refractivity contribution in [1.29, 1.82) is 5.41 Å². The lowest BCUT2D eigenvalue weighted by Gasteiger charge is -2.35. The molecule has 0 amide bonds. The summed E-state index contributed by atoms with van der Waals surface area (Å²) in [7, 11) is 3.43. The predicted molar refractivity (Wildman–Crippen MR) is 74.2 cm³/mol. The molecule has 0 aromatic heterocycles. The van der Waals surface area contributed by atoms with Gasteiger partial charge in [0.25, 0.3) is 0 Å². The molecule has 0 bridgehead atoms. The third-order valence-corrected chi connectivity index (χ3v) is 3.78. The summed E-state index contributed by atoms with van der Waals surface area (Å²) in [6, 6.07) is 0.250. The number of methoxy groups -OCH3 is 2. The third kappa shape index (κ3) is 4.58. The molecule has 0 spiro atoms. The summed E-state index contributed by atoms with van der Waals surface area (Å²) < 4.78 is 10.4. The molecule has 0 aromatic rings. The summed E-state index contributed by atoms with van der Waals surface area (Å²) in [6.45, 7) is 4.24. The summed E-state index contributed by atoms with van der Waals surface area (Å²) in [6.07, 6.45) is 6.20. The van der Waals surface area contributed by atoms with E-state index in [9.17, 15) is 0 Å². The second-order valence-electron chi connectivity index (χ2n) is 5.21. The van der Waals surface area contributed by atoms with Crippen LogP contribution in [0.25, 0.3) is 0 Å². The van der Waals surface area contributed by atoms with Crippen molar-refractivity contribution >= 4 is 5.84 Å². The molecular weight excluding hydrogens is 228 g/mol. The van der Waals surface area contributed by atoms with Gasteiger partial charge in [-0.25, -0.2) is 0 Å². The summed E-state index contributed by atoms with van der Waals surface area (Å²) in [5, 5.41) is 8.44. The van der Waals surface area contributed by atoms with Gasteiger partial charge in [-0.15, -0.1) is 0 Å². The van der Waals surface area contributed by atoms with Gasteiger partial charge in [0.15, 0.2) is 0 Å². The van der Waals surface area contributed by atoms with Crippen LogP contribution in [0.2, 0.25) is 0 Å². The van der Waals surface area contributed by atoms with Crippen molar-refractivity contribution in [2.24, 2.45) is 5.92 Å². The van der Waals surface area contributed by atoms with Crippen LogP contribution < -0.4 is 0 Å². The van der Waals surface area contributed by atoms with Crippen molar-refractivity contribution in [3.05, 3.63) is 0 Å². The van der Waals surface area contributed by atoms with Crippen molar-refractivity contribution in [2.75, 3.05) is 34.0 Å². The molecule has 4 nitrogen and oxygen atoms in total. The first-order valence-corrected chi connectivity index (χ1v) is 7.03. The minimum atomic E-state index is 0.250. The highest BCUT2D eigenvalue weighted by molar-refractivity contribution is 5.82. The van der Waals surface area contributed by atoms with E-state index in [1.165, 1.54) is 32.1 Å². The van der Waals surface area contributed by atoms with Crippen LogP contribution in [0, 0.1) is 11.3 Å². The summed E-state index contributed by atoms with van der Waals surface area (Å²) >= 11 is 0.